The summed E-state index contributed by atoms with van der Waals surface area (Å²) in [5.74, 6) is 1.12. The first-order chi connectivity index (χ1) is 14.4. The lowest BCUT2D eigenvalue weighted by Crippen LogP contribution is -2.21. The van der Waals surface area contributed by atoms with Crippen molar-refractivity contribution in [1.82, 2.24) is 4.90 Å². The van der Waals surface area contributed by atoms with E-state index in [1.54, 1.807) is 0 Å². The highest BCUT2D eigenvalue weighted by atomic mass is 32.2. The van der Waals surface area contributed by atoms with E-state index in [0.29, 0.717) is 17.5 Å². The maximum absolute atomic E-state index is 12.7. The molecule has 2 unspecified atom stereocenters. The van der Waals surface area contributed by atoms with Crippen LogP contribution in [0.3, 0.4) is 0 Å². The second-order valence-corrected chi connectivity index (χ2v) is 9.72. The average molecular weight is 437 g/mol. The average Bonchev–Trinajstić information content (AvgIpc) is 3.11. The molecule has 1 aliphatic heterocycles. The molecule has 0 bridgehead atoms. The molecule has 30 heavy (non-hydrogen) atoms. The fraction of sp³-hybridized carbons (Fsp3) is 0.455. The zero-order chi connectivity index (χ0) is 21.3. The van der Waals surface area contributed by atoms with Crippen molar-refractivity contribution in [3.8, 4) is 5.75 Å². The molecule has 0 spiro atoms. The van der Waals surface area contributed by atoms with Gasteiger partial charge in [0.05, 0.1) is 4.90 Å². The summed E-state index contributed by atoms with van der Waals surface area (Å²) in [4.78, 5) is 2.52. The Kier molecular flexibility index (Phi) is 5.97. The molecule has 2 atom stereocenters. The van der Waals surface area contributed by atoms with Gasteiger partial charge in [-0.25, -0.2) is 8.42 Å². The van der Waals surface area contributed by atoms with E-state index < -0.39 is 16.6 Å². The van der Waals surface area contributed by atoms with E-state index in [-0.39, 0.29) is 10.6 Å². The van der Waals surface area contributed by atoms with Crippen LogP contribution >= 0.6 is 0 Å². The molecule has 2 aromatic carbocycles. The van der Waals surface area contributed by atoms with Gasteiger partial charge in [0.2, 0.25) is 0 Å². The molecule has 1 heterocycles. The molecule has 1 saturated heterocycles. The number of hydrogen-bond donors (Lipinski definition) is 1. The maximum Gasteiger partial charge on any atom is 0.387 e. The minimum Gasteiger partial charge on any atom is -0.435 e. The minimum absolute atomic E-state index is 0.00657. The topological polar surface area (TPSA) is 58.6 Å². The number of benzene rings is 2. The third-order valence-corrected chi connectivity index (χ3v) is 7.39. The van der Waals surface area contributed by atoms with Gasteiger partial charge in [-0.3, -0.25) is 4.72 Å². The van der Waals surface area contributed by atoms with Crippen molar-refractivity contribution >= 4 is 15.7 Å². The van der Waals surface area contributed by atoms with Crippen LogP contribution in [0.15, 0.2) is 47.4 Å². The Morgan fingerprint density at radius 2 is 1.93 bits per heavy atom. The first kappa shape index (κ1) is 21.1. The third kappa shape index (κ3) is 4.44. The molecule has 1 fully saturated rings. The summed E-state index contributed by atoms with van der Waals surface area (Å²) in [6.07, 6.45) is 3.23. The number of hydrogen-bond acceptors (Lipinski definition) is 4. The van der Waals surface area contributed by atoms with Crippen LogP contribution in [0, 0.1) is 5.92 Å². The van der Waals surface area contributed by atoms with Crippen LogP contribution in [0.5, 0.6) is 5.75 Å². The zero-order valence-corrected chi connectivity index (χ0v) is 17.7. The minimum atomic E-state index is -3.82. The third-order valence-electron chi connectivity index (χ3n) is 5.99. The smallest absolute Gasteiger partial charge is 0.387 e. The van der Waals surface area contributed by atoms with E-state index in [1.807, 2.05) is 12.1 Å². The largest absolute Gasteiger partial charge is 0.435 e. The lowest BCUT2D eigenvalue weighted by Gasteiger charge is -2.28. The second kappa shape index (κ2) is 8.51. The Hall–Kier alpha value is -2.19. The number of alkyl halides is 2. The van der Waals surface area contributed by atoms with Crippen LogP contribution in [-0.2, 0) is 16.4 Å². The van der Waals surface area contributed by atoms with Crippen molar-refractivity contribution in [3.05, 3.63) is 53.6 Å². The van der Waals surface area contributed by atoms with Crippen molar-refractivity contribution in [2.45, 2.75) is 43.6 Å². The predicted molar refractivity (Wildman–Crippen MR) is 112 cm³/mol. The van der Waals surface area contributed by atoms with Gasteiger partial charge in [-0.2, -0.15) is 8.78 Å². The quantitative estimate of drug-likeness (QED) is 0.696. The summed E-state index contributed by atoms with van der Waals surface area (Å²) in [7, 11) is -3.82. The fourth-order valence-electron chi connectivity index (χ4n) is 4.71. The maximum atomic E-state index is 12.7. The first-order valence-electron chi connectivity index (χ1n) is 10.3. The van der Waals surface area contributed by atoms with Crippen molar-refractivity contribution in [1.29, 1.82) is 0 Å². The summed E-state index contributed by atoms with van der Waals surface area (Å²) in [6.45, 7) is 2.60. The summed E-state index contributed by atoms with van der Waals surface area (Å²) in [6, 6.07) is 10.7. The Morgan fingerprint density at radius 1 is 1.17 bits per heavy atom. The number of nitrogens with one attached hydrogen (secondary N) is 1. The number of aryl methyl sites for hydroxylation is 1. The van der Waals surface area contributed by atoms with Gasteiger partial charge in [-0.05, 0) is 79.3 Å². The number of ether oxygens (including phenoxy) is 1. The standard InChI is InChI=1S/C22H26F2N2O3S/c1-2-11-26-13-16-4-3-15-12-17(5-10-20(15)21(16)14-26)25-30(27,28)19-8-6-18(7-9-19)29-22(23)24/h5-10,12,16,21-22,25H,2-4,11,13-14H2,1H3. The van der Waals surface area contributed by atoms with Crippen LogP contribution in [0.25, 0.3) is 0 Å². The normalized spacial score (nSPS) is 21.3. The number of rotatable bonds is 7. The molecule has 0 radical (unpaired) electrons. The number of likely N-dealkylation sites (tertiary alicyclic amines) is 1. The van der Waals surface area contributed by atoms with Crippen LogP contribution in [0.4, 0.5) is 14.5 Å². The highest BCUT2D eigenvalue weighted by Gasteiger charge is 2.37. The molecule has 0 aromatic heterocycles. The molecule has 2 aromatic rings. The van der Waals surface area contributed by atoms with Gasteiger partial charge in [0.1, 0.15) is 5.75 Å². The molecular weight excluding hydrogens is 410 g/mol. The molecule has 0 amide bonds. The van der Waals surface area contributed by atoms with Crippen molar-refractivity contribution in [2.75, 3.05) is 24.4 Å². The highest BCUT2D eigenvalue weighted by Crippen LogP contribution is 2.42. The number of nitrogens with zero attached hydrogens (tertiary/aromatic N) is 1. The molecule has 162 valence electrons. The van der Waals surface area contributed by atoms with E-state index >= 15 is 0 Å². The van der Waals surface area contributed by atoms with Gasteiger partial charge in [0.15, 0.2) is 0 Å². The van der Waals surface area contributed by atoms with Crippen LogP contribution in [-0.4, -0.2) is 39.6 Å². The van der Waals surface area contributed by atoms with E-state index in [0.717, 1.165) is 38.9 Å². The number of sulfonamides is 1. The lowest BCUT2D eigenvalue weighted by atomic mass is 9.77. The van der Waals surface area contributed by atoms with E-state index in [2.05, 4.69) is 27.3 Å². The Morgan fingerprint density at radius 3 is 2.63 bits per heavy atom. The van der Waals surface area contributed by atoms with Crippen molar-refractivity contribution in [2.24, 2.45) is 5.92 Å². The molecule has 5 nitrogen and oxygen atoms in total. The summed E-state index contributed by atoms with van der Waals surface area (Å²) < 4.78 is 56.8. The molecule has 0 saturated carbocycles. The zero-order valence-electron chi connectivity index (χ0n) is 16.9. The summed E-state index contributed by atoms with van der Waals surface area (Å²) >= 11 is 0. The van der Waals surface area contributed by atoms with Crippen molar-refractivity contribution < 1.29 is 21.9 Å². The molecule has 1 N–H and O–H groups in total. The summed E-state index contributed by atoms with van der Waals surface area (Å²) in [5, 5.41) is 0. The molecule has 8 heteroatoms. The summed E-state index contributed by atoms with van der Waals surface area (Å²) in [5.41, 5.74) is 3.06. The van der Waals surface area contributed by atoms with Gasteiger partial charge in [0, 0.05) is 24.7 Å². The van der Waals surface area contributed by atoms with Gasteiger partial charge < -0.3 is 9.64 Å². The van der Waals surface area contributed by atoms with Gasteiger partial charge in [0.25, 0.3) is 10.0 Å². The monoisotopic (exact) mass is 436 g/mol. The molecular formula is C22H26F2N2O3S. The number of anilines is 1. The van der Waals surface area contributed by atoms with Gasteiger partial charge >= 0.3 is 6.61 Å². The molecule has 4 rings (SSSR count). The SMILES string of the molecule is CCCN1CC2CCc3cc(NS(=O)(=O)c4ccc(OC(F)F)cc4)ccc3C2C1. The first-order valence-corrected chi connectivity index (χ1v) is 11.8. The van der Waals surface area contributed by atoms with Crippen molar-refractivity contribution in [3.63, 3.8) is 0 Å². The number of halogens is 2. The Bertz CT molecular complexity index is 996. The molecule has 2 aliphatic rings. The Balaban J connectivity index is 1.49. The fourth-order valence-corrected chi connectivity index (χ4v) is 5.76. The van der Waals surface area contributed by atoms with Crippen LogP contribution in [0.1, 0.15) is 36.8 Å². The lowest BCUT2D eigenvalue weighted by molar-refractivity contribution is -0.0498. The number of fused-ring (bicyclic) bond motifs is 3. The van der Waals surface area contributed by atoms with E-state index in [4.69, 9.17) is 0 Å². The van der Waals surface area contributed by atoms with Gasteiger partial charge in [-0.1, -0.05) is 13.0 Å². The van der Waals surface area contributed by atoms with E-state index in [9.17, 15) is 17.2 Å². The predicted octanol–water partition coefficient (Wildman–Crippen LogP) is 4.46. The molecule has 1 aliphatic carbocycles. The second-order valence-electron chi connectivity index (χ2n) is 8.03. The Labute approximate surface area is 176 Å². The van der Waals surface area contributed by atoms with Crippen LogP contribution in [0.2, 0.25) is 0 Å². The highest BCUT2D eigenvalue weighted by molar-refractivity contribution is 7.92. The van der Waals surface area contributed by atoms with Crippen LogP contribution < -0.4 is 9.46 Å². The van der Waals surface area contributed by atoms with E-state index in [1.165, 1.54) is 35.4 Å². The van der Waals surface area contributed by atoms with Gasteiger partial charge in [-0.15, -0.1) is 0 Å².